The highest BCUT2D eigenvalue weighted by molar-refractivity contribution is 7.27. The number of hydrogen-bond donors (Lipinski definition) is 0. The van der Waals surface area contributed by atoms with Crippen molar-refractivity contribution in [3.63, 3.8) is 0 Å². The molecule has 0 fully saturated rings. The van der Waals surface area contributed by atoms with Crippen molar-refractivity contribution in [2.75, 3.05) is 0 Å². The quantitative estimate of drug-likeness (QED) is 0.449. The Balaban J connectivity index is 2.01. The lowest BCUT2D eigenvalue weighted by molar-refractivity contribution is -0.629. The van der Waals surface area contributed by atoms with Gasteiger partial charge in [0.05, 0.1) is 0 Å². The van der Waals surface area contributed by atoms with Gasteiger partial charge in [-0.15, -0.1) is 11.3 Å². The third kappa shape index (κ3) is 1.70. The molecule has 2 heterocycles. The predicted molar refractivity (Wildman–Crippen MR) is 83.8 cm³/mol. The van der Waals surface area contributed by atoms with Crippen LogP contribution in [0.2, 0.25) is 0 Å². The van der Waals surface area contributed by atoms with E-state index in [1.54, 1.807) is 0 Å². The van der Waals surface area contributed by atoms with Crippen molar-refractivity contribution in [2.24, 2.45) is 7.05 Å². The molecule has 4 rings (SSSR count). The molecular weight excluding hydrogens is 270 g/mol. The molecule has 0 N–H and O–H groups in total. The van der Waals surface area contributed by atoms with E-state index in [0.29, 0.717) is 0 Å². The molecule has 0 aliphatic rings. The highest BCUT2D eigenvalue weighted by Gasteiger charge is 2.19. The lowest BCUT2D eigenvalue weighted by Crippen LogP contribution is -2.27. The molecule has 0 aliphatic carbocycles. The van der Waals surface area contributed by atoms with E-state index in [-0.39, 0.29) is 0 Å². The Morgan fingerprint density at radius 3 is 2.37 bits per heavy atom. The summed E-state index contributed by atoms with van der Waals surface area (Å²) in [5.74, 6) is 0. The molecule has 0 radical (unpaired) electrons. The molecule has 0 aliphatic heterocycles. The summed E-state index contributed by atoms with van der Waals surface area (Å²) in [4.78, 5) is 1.35. The van der Waals surface area contributed by atoms with E-state index in [1.165, 1.54) is 30.2 Å². The Hall–Kier alpha value is -1.71. The van der Waals surface area contributed by atoms with Crippen LogP contribution in [0, 0.1) is 0 Å². The molecule has 0 amide bonds. The zero-order chi connectivity index (χ0) is 12.8. The third-order valence-corrected chi connectivity index (χ3v) is 5.88. The first-order valence-corrected chi connectivity index (χ1v) is 7.83. The van der Waals surface area contributed by atoms with Crippen molar-refractivity contribution in [1.29, 1.82) is 0 Å². The van der Waals surface area contributed by atoms with Gasteiger partial charge < -0.3 is 0 Å². The molecule has 2 aromatic heterocycles. The Kier molecular flexibility index (Phi) is 2.43. The second-order valence-electron chi connectivity index (χ2n) is 4.58. The summed E-state index contributed by atoms with van der Waals surface area (Å²) in [5.41, 5.74) is 1.31. The van der Waals surface area contributed by atoms with Gasteiger partial charge in [-0.1, -0.05) is 41.7 Å². The first-order valence-electron chi connectivity index (χ1n) is 6.19. The maximum Gasteiger partial charge on any atom is 0.280 e. The zero-order valence-electron chi connectivity index (χ0n) is 10.5. The average molecular weight is 282 g/mol. The number of fused-ring (bicyclic) bond motifs is 2. The van der Waals surface area contributed by atoms with Crippen molar-refractivity contribution in [1.82, 2.24) is 0 Å². The predicted octanol–water partition coefficient (Wildman–Crippen LogP) is 4.61. The number of nitrogens with zero attached hydrogens (tertiary/aromatic N) is 1. The van der Waals surface area contributed by atoms with Crippen LogP contribution in [0.4, 0.5) is 0 Å². The molecule has 2 aromatic carbocycles. The standard InChI is InChI=1S/C16H12NS2/c1-17-12-7-3-5-9-14(12)19-16(17)15-10-11-6-2-4-8-13(11)18-15/h2-10H,1H3/q+1. The van der Waals surface area contributed by atoms with Gasteiger partial charge in [0, 0.05) is 10.8 Å². The van der Waals surface area contributed by atoms with Crippen LogP contribution in [-0.2, 0) is 7.05 Å². The molecule has 0 spiro atoms. The number of thiazole rings is 1. The fraction of sp³-hybridized carbons (Fsp3) is 0.0625. The summed E-state index contributed by atoms with van der Waals surface area (Å²) < 4.78 is 5.00. The lowest BCUT2D eigenvalue weighted by atomic mass is 10.2. The molecule has 19 heavy (non-hydrogen) atoms. The monoisotopic (exact) mass is 282 g/mol. The Labute approximate surface area is 119 Å². The topological polar surface area (TPSA) is 3.88 Å². The van der Waals surface area contributed by atoms with Gasteiger partial charge in [-0.2, -0.15) is 4.57 Å². The number of aryl methyl sites for hydroxylation is 1. The third-order valence-electron chi connectivity index (χ3n) is 3.37. The van der Waals surface area contributed by atoms with Gasteiger partial charge in [-0.05, 0) is 23.6 Å². The summed E-state index contributed by atoms with van der Waals surface area (Å²) in [6.07, 6.45) is 0. The van der Waals surface area contributed by atoms with E-state index in [0.717, 1.165) is 0 Å². The number of thiophene rings is 1. The van der Waals surface area contributed by atoms with Gasteiger partial charge >= 0.3 is 0 Å². The highest BCUT2D eigenvalue weighted by Crippen LogP contribution is 2.36. The number of para-hydroxylation sites is 1. The van der Waals surface area contributed by atoms with E-state index in [2.05, 4.69) is 66.2 Å². The summed E-state index contributed by atoms with van der Waals surface area (Å²) in [5, 5.41) is 2.67. The summed E-state index contributed by atoms with van der Waals surface area (Å²) in [6, 6.07) is 19.5. The maximum atomic E-state index is 2.30. The van der Waals surface area contributed by atoms with E-state index in [9.17, 15) is 0 Å². The van der Waals surface area contributed by atoms with Crippen LogP contribution in [0.15, 0.2) is 54.6 Å². The van der Waals surface area contributed by atoms with E-state index in [1.807, 2.05) is 22.7 Å². The number of rotatable bonds is 1. The summed E-state index contributed by atoms with van der Waals surface area (Å²) in [7, 11) is 2.15. The number of hydrogen-bond acceptors (Lipinski definition) is 2. The van der Waals surface area contributed by atoms with Crippen molar-refractivity contribution in [3.05, 3.63) is 54.6 Å². The fourth-order valence-corrected chi connectivity index (χ4v) is 4.75. The Morgan fingerprint density at radius 2 is 1.58 bits per heavy atom. The van der Waals surface area contributed by atoms with E-state index >= 15 is 0 Å². The van der Waals surface area contributed by atoms with Crippen molar-refractivity contribution in [2.45, 2.75) is 0 Å². The second-order valence-corrected chi connectivity index (χ2v) is 6.70. The summed E-state index contributed by atoms with van der Waals surface area (Å²) in [6.45, 7) is 0. The molecule has 4 aromatic rings. The van der Waals surface area contributed by atoms with Crippen molar-refractivity contribution < 1.29 is 4.57 Å². The first-order chi connectivity index (χ1) is 9.33. The van der Waals surface area contributed by atoms with Gasteiger partial charge in [0.2, 0.25) is 5.52 Å². The largest absolute Gasteiger partial charge is 0.280 e. The maximum absolute atomic E-state index is 2.30. The molecule has 0 unspecified atom stereocenters. The fourth-order valence-electron chi connectivity index (χ4n) is 2.41. The van der Waals surface area contributed by atoms with Crippen LogP contribution in [0.3, 0.4) is 0 Å². The smallest absolute Gasteiger partial charge is 0.184 e. The van der Waals surface area contributed by atoms with Crippen molar-refractivity contribution in [3.8, 4) is 9.88 Å². The molecule has 0 bridgehead atoms. The van der Waals surface area contributed by atoms with Gasteiger partial charge in [-0.25, -0.2) is 0 Å². The van der Waals surface area contributed by atoms with Gasteiger partial charge in [0.15, 0.2) is 0 Å². The van der Waals surface area contributed by atoms with Gasteiger partial charge in [-0.3, -0.25) is 0 Å². The average Bonchev–Trinajstić information content (AvgIpc) is 3.00. The summed E-state index contributed by atoms with van der Waals surface area (Å²) >= 11 is 3.73. The van der Waals surface area contributed by atoms with Crippen LogP contribution in [0.1, 0.15) is 0 Å². The minimum atomic E-state index is 1.31. The SMILES string of the molecule is C[n+]1c(-c2cc3ccccc3s2)sc2ccccc21. The van der Waals surface area contributed by atoms with Gasteiger partial charge in [0.1, 0.15) is 16.6 Å². The molecule has 3 heteroatoms. The van der Waals surface area contributed by atoms with Crippen LogP contribution in [-0.4, -0.2) is 0 Å². The molecule has 1 nitrogen and oxygen atoms in total. The van der Waals surface area contributed by atoms with E-state index < -0.39 is 0 Å². The minimum absolute atomic E-state index is 1.31. The van der Waals surface area contributed by atoms with Crippen LogP contribution in [0.25, 0.3) is 30.2 Å². The Morgan fingerprint density at radius 1 is 0.842 bits per heavy atom. The Bertz CT molecular complexity index is 853. The molecule has 0 atom stereocenters. The molecule has 0 saturated heterocycles. The second kappa shape index (κ2) is 4.15. The molecule has 0 saturated carbocycles. The van der Waals surface area contributed by atoms with Crippen LogP contribution >= 0.6 is 22.7 Å². The van der Waals surface area contributed by atoms with Crippen LogP contribution < -0.4 is 4.57 Å². The normalized spacial score (nSPS) is 11.4. The van der Waals surface area contributed by atoms with Gasteiger partial charge in [0.25, 0.3) is 5.01 Å². The zero-order valence-corrected chi connectivity index (χ0v) is 12.1. The first kappa shape index (κ1) is 11.1. The number of benzene rings is 2. The van der Waals surface area contributed by atoms with Crippen molar-refractivity contribution >= 4 is 43.0 Å². The number of aromatic nitrogens is 1. The van der Waals surface area contributed by atoms with E-state index in [4.69, 9.17) is 0 Å². The van der Waals surface area contributed by atoms with Crippen LogP contribution in [0.5, 0.6) is 0 Å². The molecule has 92 valence electrons. The highest BCUT2D eigenvalue weighted by atomic mass is 32.1. The lowest BCUT2D eigenvalue weighted by Gasteiger charge is -1.87. The minimum Gasteiger partial charge on any atom is -0.184 e. The molecular formula is C16H12NS2+.